The van der Waals surface area contributed by atoms with E-state index in [1.54, 1.807) is 46.1 Å². The highest BCUT2D eigenvalue weighted by atomic mass is 32.1. The minimum absolute atomic E-state index is 0.0689. The van der Waals surface area contributed by atoms with Crippen LogP contribution < -0.4 is 0 Å². The fraction of sp³-hybridized carbons (Fsp3) is 0.143. The van der Waals surface area contributed by atoms with Crippen LogP contribution in [0.25, 0.3) is 51.8 Å². The third kappa shape index (κ3) is 4.71. The Morgan fingerprint density at radius 1 is 0.614 bits per heavy atom. The molecule has 57 heavy (non-hydrogen) atoms. The molecule has 274 valence electrons. The smallest absolute Gasteiger partial charge is 0.271 e. The zero-order valence-electron chi connectivity index (χ0n) is 29.7. The van der Waals surface area contributed by atoms with Crippen molar-refractivity contribution in [2.75, 3.05) is 0 Å². The van der Waals surface area contributed by atoms with Crippen molar-refractivity contribution in [3.8, 4) is 12.1 Å². The number of nitriles is 2. The summed E-state index contributed by atoms with van der Waals surface area (Å²) in [5.41, 5.74) is -0.957. The molecular weight excluding hydrogens is 793 g/mol. The van der Waals surface area contributed by atoms with Crippen LogP contribution in [0.15, 0.2) is 57.0 Å². The van der Waals surface area contributed by atoms with Crippen LogP contribution in [-0.2, 0) is 10.8 Å². The van der Waals surface area contributed by atoms with E-state index in [4.69, 9.17) is 23.1 Å². The van der Waals surface area contributed by atoms with Crippen LogP contribution in [0.3, 0.4) is 0 Å². The summed E-state index contributed by atoms with van der Waals surface area (Å²) in [5, 5.41) is 19.5. The van der Waals surface area contributed by atoms with E-state index in [1.807, 2.05) is 39.8 Å². The monoisotopic (exact) mass is 810 g/mol. The van der Waals surface area contributed by atoms with Gasteiger partial charge in [-0.25, -0.2) is 47.8 Å². The lowest BCUT2D eigenvalue weighted by molar-refractivity contribution is 0.106. The van der Waals surface area contributed by atoms with E-state index in [2.05, 4.69) is 9.69 Å². The van der Waals surface area contributed by atoms with Crippen molar-refractivity contribution in [3.63, 3.8) is 0 Å². The number of allylic oxidation sites excluding steroid dienone is 6. The zero-order valence-corrected chi connectivity index (χ0v) is 32.1. The van der Waals surface area contributed by atoms with Crippen molar-refractivity contribution < 1.29 is 27.2 Å². The highest BCUT2D eigenvalue weighted by Gasteiger charge is 2.44. The number of hydrogen-bond donors (Lipinski definition) is 0. The van der Waals surface area contributed by atoms with E-state index >= 15 is 0 Å². The molecule has 0 saturated carbocycles. The number of carbonyl (C=O) groups is 2. The molecule has 2 aromatic carbocycles. The summed E-state index contributed by atoms with van der Waals surface area (Å²) in [4.78, 5) is 45.0. The van der Waals surface area contributed by atoms with E-state index < -0.39 is 57.1 Å². The quantitative estimate of drug-likeness (QED) is 0.100. The fourth-order valence-electron chi connectivity index (χ4n) is 7.89. The van der Waals surface area contributed by atoms with E-state index in [0.717, 1.165) is 63.9 Å². The maximum atomic E-state index is 14.4. The van der Waals surface area contributed by atoms with Crippen LogP contribution in [0.2, 0.25) is 0 Å². The van der Waals surface area contributed by atoms with Gasteiger partial charge in [0.15, 0.2) is 23.3 Å². The first kappa shape index (κ1) is 36.0. The summed E-state index contributed by atoms with van der Waals surface area (Å²) in [6.07, 6.45) is 3.70. The Balaban J connectivity index is 1.14. The topological polar surface area (TPSA) is 115 Å². The zero-order chi connectivity index (χ0) is 40.6. The molecule has 0 amide bonds. The lowest BCUT2D eigenvalue weighted by Gasteiger charge is -2.22. The lowest BCUT2D eigenvalue weighted by Crippen LogP contribution is -2.18. The molecule has 9 rings (SSSR count). The molecule has 0 unspecified atom stereocenters. The number of halogens is 4. The van der Waals surface area contributed by atoms with Crippen molar-refractivity contribution in [1.29, 1.82) is 10.5 Å². The van der Waals surface area contributed by atoms with E-state index in [-0.39, 0.29) is 44.8 Å². The van der Waals surface area contributed by atoms with Crippen molar-refractivity contribution in [2.45, 2.75) is 38.5 Å². The number of aliphatic imine (C=N–C) groups is 2. The Labute approximate surface area is 332 Å². The average molecular weight is 811 g/mol. The van der Waals surface area contributed by atoms with Gasteiger partial charge in [-0.1, -0.05) is 27.7 Å². The highest BCUT2D eigenvalue weighted by molar-refractivity contribution is 7.39. The Bertz CT molecular complexity index is 3020. The largest absolute Gasteiger partial charge is 0.287 e. The Hall–Kier alpha value is -6.62. The molecule has 0 bridgehead atoms. The van der Waals surface area contributed by atoms with Gasteiger partial charge in [0.1, 0.15) is 11.4 Å². The number of Topliss-reactive ketones (excluding diaryl/α,β-unsaturated/α-hetero) is 2. The number of rotatable bonds is 2. The van der Waals surface area contributed by atoms with Gasteiger partial charge in [0.2, 0.25) is 11.6 Å². The van der Waals surface area contributed by atoms with Crippen LogP contribution in [-0.4, -0.2) is 23.0 Å². The first-order chi connectivity index (χ1) is 27.1. The maximum Gasteiger partial charge on any atom is 0.271 e. The number of nitrogens with zero attached hydrogens (tertiary/aromatic N) is 6. The Morgan fingerprint density at radius 2 is 0.965 bits per heavy atom. The van der Waals surface area contributed by atoms with Crippen molar-refractivity contribution in [2.24, 2.45) is 9.98 Å². The van der Waals surface area contributed by atoms with Gasteiger partial charge in [-0.15, -0.1) is 34.0 Å². The molecule has 4 aliphatic rings. The summed E-state index contributed by atoms with van der Waals surface area (Å²) in [5.74, 6) is -6.38. The molecular formula is C42H18F4N6O2S3. The second kappa shape index (κ2) is 11.9. The molecule has 8 nitrogen and oxygen atoms in total. The molecule has 0 N–H and O–H groups in total. The first-order valence-corrected chi connectivity index (χ1v) is 19.3. The summed E-state index contributed by atoms with van der Waals surface area (Å²) >= 11 is 4.65. The fourth-order valence-corrected chi connectivity index (χ4v) is 12.9. The van der Waals surface area contributed by atoms with Crippen LogP contribution in [0, 0.1) is 59.1 Å². The molecule has 0 saturated heterocycles. The predicted octanol–water partition coefficient (Wildman–Crippen LogP) is 11.0. The maximum absolute atomic E-state index is 14.4. The number of benzene rings is 2. The van der Waals surface area contributed by atoms with Crippen molar-refractivity contribution in [3.05, 3.63) is 136 Å². The number of fused-ring (bicyclic) bond motifs is 9. The standard InChI is InChI=1S/C42H18F4N6O2S3/c1-41(2)27(51-33-29(23(13-47)49-5)15-7-19(43)21(45)9-17(15)35(33)53)11-25-31(41)37-39(55-25)40-38(57-37)32-26(56-40)12-28(42(32,3)4)52-34-30(24(14-48)50-6)16-8-20(44)22(46)10-18(16)36(34)54/h7-12H,1-4H3/b29-23+,30-24?,51-33?,52-34?. The van der Waals surface area contributed by atoms with Gasteiger partial charge in [0.25, 0.3) is 11.4 Å². The Kier molecular flexibility index (Phi) is 7.55. The number of thiophene rings is 3. The van der Waals surface area contributed by atoms with Gasteiger partial charge in [0.05, 0.1) is 55.5 Å². The molecule has 3 heterocycles. The van der Waals surface area contributed by atoms with Crippen LogP contribution in [0.5, 0.6) is 0 Å². The van der Waals surface area contributed by atoms with Gasteiger partial charge in [0, 0.05) is 42.9 Å². The summed E-state index contributed by atoms with van der Waals surface area (Å²) < 4.78 is 61.3. The normalized spacial score (nSPS) is 20.2. The molecule has 0 aliphatic heterocycles. The van der Waals surface area contributed by atoms with Crippen LogP contribution >= 0.6 is 34.0 Å². The van der Waals surface area contributed by atoms with Crippen LogP contribution in [0.4, 0.5) is 17.6 Å². The third-order valence-corrected chi connectivity index (χ3v) is 14.6. The van der Waals surface area contributed by atoms with E-state index in [1.165, 1.54) is 0 Å². The van der Waals surface area contributed by atoms with Gasteiger partial charge in [-0.05, 0) is 58.7 Å². The van der Waals surface area contributed by atoms with Crippen molar-refractivity contribution >= 4 is 99.1 Å². The van der Waals surface area contributed by atoms with Crippen LogP contribution in [0.1, 0.15) is 80.4 Å². The predicted molar refractivity (Wildman–Crippen MR) is 212 cm³/mol. The third-order valence-electron chi connectivity index (χ3n) is 10.7. The van der Waals surface area contributed by atoms with Gasteiger partial charge in [-0.2, -0.15) is 0 Å². The molecule has 15 heteroatoms. The lowest BCUT2D eigenvalue weighted by atomic mass is 9.85. The SMILES string of the molecule is [C-]#[N+]C(C#N)=C1C(=NC2=Cc3sc4c(sc5c6c(sc54)C=C(N=C4C(=O)c5cc(F)c(F)cc5/C4=C(/C#N)[N+]#[C-])C6(C)C)c3C2(C)C)C(=O)c2cc(F)c(F)cc21. The van der Waals surface area contributed by atoms with Crippen molar-refractivity contribution in [1.82, 2.24) is 0 Å². The average Bonchev–Trinajstić information content (AvgIpc) is 3.99. The van der Waals surface area contributed by atoms with Gasteiger partial charge < -0.3 is 0 Å². The minimum Gasteiger partial charge on any atom is -0.287 e. The summed E-state index contributed by atoms with van der Waals surface area (Å²) in [6, 6.07) is 6.66. The highest BCUT2D eigenvalue weighted by Crippen LogP contribution is 2.59. The summed E-state index contributed by atoms with van der Waals surface area (Å²) in [6.45, 7) is 22.9. The molecule has 0 fully saturated rings. The molecule has 4 aliphatic carbocycles. The second-order valence-corrected chi connectivity index (χ2v) is 17.6. The van der Waals surface area contributed by atoms with Gasteiger partial charge >= 0.3 is 0 Å². The van der Waals surface area contributed by atoms with E-state index in [0.29, 0.717) is 11.4 Å². The first-order valence-electron chi connectivity index (χ1n) is 16.8. The Morgan fingerprint density at radius 3 is 1.30 bits per heavy atom. The molecule has 0 radical (unpaired) electrons. The minimum atomic E-state index is -1.24. The second-order valence-electron chi connectivity index (χ2n) is 14.5. The summed E-state index contributed by atoms with van der Waals surface area (Å²) in [7, 11) is 0. The number of carbonyl (C=O) groups excluding carboxylic acids is 2. The molecule has 0 atom stereocenters. The number of hydrogen-bond acceptors (Lipinski definition) is 9. The molecule has 3 aromatic heterocycles. The number of ketones is 2. The van der Waals surface area contributed by atoms with Gasteiger partial charge in [-0.3, -0.25) is 9.59 Å². The molecule has 0 spiro atoms. The van der Waals surface area contributed by atoms with E-state index in [9.17, 15) is 37.7 Å². The molecule has 5 aromatic rings.